The number of rotatable bonds is 7. The van der Waals surface area contributed by atoms with Crippen LogP contribution in [-0.2, 0) is 23.8 Å². The van der Waals surface area contributed by atoms with Crippen LogP contribution in [0.25, 0.3) is 0 Å². The van der Waals surface area contributed by atoms with E-state index in [-0.39, 0.29) is 58.6 Å². The first-order valence-electron chi connectivity index (χ1n) is 18.9. The topological polar surface area (TPSA) is 106 Å². The van der Waals surface area contributed by atoms with Gasteiger partial charge in [0.2, 0.25) is 5.91 Å². The van der Waals surface area contributed by atoms with Crippen molar-refractivity contribution in [2.45, 2.75) is 149 Å². The molecule has 0 bridgehead atoms. The summed E-state index contributed by atoms with van der Waals surface area (Å²) in [4.78, 5) is 26.2. The van der Waals surface area contributed by atoms with Gasteiger partial charge in [0.05, 0.1) is 37.6 Å². The first-order chi connectivity index (χ1) is 21.8. The number of nitrogens with zero attached hydrogens (tertiary/aromatic N) is 1. The lowest BCUT2D eigenvalue weighted by Gasteiger charge is -2.64. The minimum atomic E-state index is -0.772. The van der Waals surface area contributed by atoms with Crippen LogP contribution >= 0.6 is 0 Å². The summed E-state index contributed by atoms with van der Waals surface area (Å²) in [6.45, 7) is 13.9. The summed E-state index contributed by atoms with van der Waals surface area (Å²) in [5.41, 5.74) is 0.398. The van der Waals surface area contributed by atoms with Crippen LogP contribution in [0.4, 0.5) is 0 Å². The number of aliphatic hydroxyl groups is 1. The molecule has 1 amide bonds. The molecule has 0 radical (unpaired) electrons. The van der Waals surface area contributed by atoms with E-state index in [4.69, 9.17) is 14.2 Å². The number of aliphatic hydroxyl groups excluding tert-OH is 1. The number of carbonyl (C=O) groups excluding carboxylic acids is 1. The van der Waals surface area contributed by atoms with Crippen molar-refractivity contribution in [1.29, 1.82) is 0 Å². The molecule has 2 N–H and O–H groups in total. The van der Waals surface area contributed by atoms with Crippen LogP contribution in [0.5, 0.6) is 0 Å². The minimum Gasteiger partial charge on any atom is -0.481 e. The highest BCUT2D eigenvalue weighted by Crippen LogP contribution is 2.89. The molecule has 8 heteroatoms. The van der Waals surface area contributed by atoms with Crippen molar-refractivity contribution in [3.8, 4) is 0 Å². The average molecular weight is 642 g/mol. The molecule has 0 aromatic heterocycles. The van der Waals surface area contributed by atoms with Crippen LogP contribution in [-0.4, -0.2) is 77.4 Å². The van der Waals surface area contributed by atoms with Gasteiger partial charge in [-0.05, 0) is 122 Å². The van der Waals surface area contributed by atoms with Crippen molar-refractivity contribution in [2.75, 3.05) is 19.7 Å². The molecule has 0 aromatic rings. The van der Waals surface area contributed by atoms with Gasteiger partial charge in [0.25, 0.3) is 0 Å². The van der Waals surface area contributed by atoms with E-state index in [1.54, 1.807) is 0 Å². The van der Waals surface area contributed by atoms with Crippen molar-refractivity contribution >= 4 is 11.9 Å². The highest BCUT2D eigenvalue weighted by Gasteiger charge is 2.84. The largest absolute Gasteiger partial charge is 0.481 e. The third-order valence-electron chi connectivity index (χ3n) is 16.4. The lowest BCUT2D eigenvalue weighted by Crippen LogP contribution is -2.60. The predicted octanol–water partition coefficient (Wildman–Crippen LogP) is 6.03. The van der Waals surface area contributed by atoms with Gasteiger partial charge in [0.1, 0.15) is 0 Å². The lowest BCUT2D eigenvalue weighted by atomic mass is 9.41. The average Bonchev–Trinajstić information content (AvgIpc) is 3.93. The minimum absolute atomic E-state index is 0.00923. The third-order valence-corrected chi connectivity index (χ3v) is 16.4. The molecule has 8 nitrogen and oxygen atoms in total. The maximum absolute atomic E-state index is 12.9. The molecule has 6 aliphatic carbocycles. The van der Waals surface area contributed by atoms with Crippen molar-refractivity contribution in [1.82, 2.24) is 4.90 Å². The summed E-state index contributed by atoms with van der Waals surface area (Å²) >= 11 is 0. The first kappa shape index (κ1) is 32.0. The molecule has 258 valence electrons. The number of carboxylic acid groups (broad SMARTS) is 1. The molecule has 13 atom stereocenters. The molecule has 2 heterocycles. The van der Waals surface area contributed by atoms with Crippen molar-refractivity contribution < 1.29 is 34.0 Å². The normalized spacial score (nSPS) is 52.0. The van der Waals surface area contributed by atoms with Crippen molar-refractivity contribution in [3.63, 3.8) is 0 Å². The van der Waals surface area contributed by atoms with E-state index < -0.39 is 12.1 Å². The van der Waals surface area contributed by atoms with Crippen LogP contribution < -0.4 is 0 Å². The third kappa shape index (κ3) is 4.37. The Balaban J connectivity index is 0.995. The first-order valence-corrected chi connectivity index (χ1v) is 18.9. The van der Waals surface area contributed by atoms with E-state index in [9.17, 15) is 19.8 Å². The van der Waals surface area contributed by atoms with Gasteiger partial charge < -0.3 is 29.3 Å². The van der Waals surface area contributed by atoms with Crippen molar-refractivity contribution in [2.24, 2.45) is 56.7 Å². The maximum atomic E-state index is 12.9. The second kappa shape index (κ2) is 10.6. The van der Waals surface area contributed by atoms with Gasteiger partial charge in [-0.2, -0.15) is 0 Å². The fraction of sp³-hybridized carbons (Fsp3) is 0.947. The van der Waals surface area contributed by atoms with E-state index in [1.165, 1.54) is 38.5 Å². The molecular weight excluding hydrogens is 582 g/mol. The molecule has 46 heavy (non-hydrogen) atoms. The SMILES string of the molecule is C[C@@H]1C[C@H](CCC(=O)O)O[C@H]2C1[C@@]1(C)CC[C@@]34C[C@@]35CC[C@H](OC3CN(C(=O)CC6CC6)CCO3)C(C)(C)[C@@H]5CC[C@H]4[C@]1(C)[C@H]2O. The Hall–Kier alpha value is -1.22. The van der Waals surface area contributed by atoms with Gasteiger partial charge in [-0.15, -0.1) is 0 Å². The predicted molar refractivity (Wildman–Crippen MR) is 172 cm³/mol. The van der Waals surface area contributed by atoms with E-state index >= 15 is 0 Å². The molecule has 8 rings (SSSR count). The van der Waals surface area contributed by atoms with Gasteiger partial charge in [-0.1, -0.05) is 34.6 Å². The number of amides is 1. The fourth-order valence-electron chi connectivity index (χ4n) is 13.9. The molecule has 2 spiro atoms. The molecule has 6 saturated carbocycles. The Labute approximate surface area is 275 Å². The number of aliphatic carboxylic acids is 1. The molecule has 8 aliphatic rings. The van der Waals surface area contributed by atoms with Gasteiger partial charge in [-0.3, -0.25) is 9.59 Å². The van der Waals surface area contributed by atoms with Crippen LogP contribution in [0.1, 0.15) is 118 Å². The number of hydrogen-bond donors (Lipinski definition) is 2. The molecule has 2 saturated heterocycles. The summed E-state index contributed by atoms with van der Waals surface area (Å²) < 4.78 is 19.6. The van der Waals surface area contributed by atoms with Gasteiger partial charge >= 0.3 is 5.97 Å². The van der Waals surface area contributed by atoms with E-state index in [2.05, 4.69) is 34.6 Å². The molecule has 2 unspecified atom stereocenters. The van der Waals surface area contributed by atoms with Crippen LogP contribution in [0.15, 0.2) is 0 Å². The highest BCUT2D eigenvalue weighted by atomic mass is 16.7. The molecule has 8 fully saturated rings. The van der Waals surface area contributed by atoms with Crippen LogP contribution in [0, 0.1) is 56.7 Å². The van der Waals surface area contributed by atoms with Crippen molar-refractivity contribution in [3.05, 3.63) is 0 Å². The standard InChI is InChI=1S/C38H59NO7/c1-22-18-24(8-11-29(41)42)45-32-31(22)35(4)14-15-38-21-37(38)13-12-27(34(2,3)25(37)9-10-26(38)36(35,5)33(32)43)46-30-20-39(16-17-44-30)28(40)19-23-6-7-23/h22-27,30-33,43H,6-21H2,1-5H3,(H,41,42)/t22-,24+,25+,26+,27+,30?,31?,32+,33+,35-,36-,37-,38+/m1/s1. The monoisotopic (exact) mass is 641 g/mol. The smallest absolute Gasteiger partial charge is 0.303 e. The Kier molecular flexibility index (Phi) is 7.40. The summed E-state index contributed by atoms with van der Waals surface area (Å²) in [7, 11) is 0. The van der Waals surface area contributed by atoms with Gasteiger partial charge in [-0.25, -0.2) is 0 Å². The molecular formula is C38H59NO7. The Morgan fingerprint density at radius 1 is 0.978 bits per heavy atom. The summed E-state index contributed by atoms with van der Waals surface area (Å²) in [6, 6.07) is 0. The van der Waals surface area contributed by atoms with E-state index in [0.717, 1.165) is 25.7 Å². The number of hydrogen-bond acceptors (Lipinski definition) is 6. The number of carboxylic acids is 1. The number of fused-ring (bicyclic) bond motifs is 4. The lowest BCUT2D eigenvalue weighted by molar-refractivity contribution is -0.248. The van der Waals surface area contributed by atoms with E-state index in [0.29, 0.717) is 67.5 Å². The number of ether oxygens (including phenoxy) is 3. The molecule has 0 aromatic carbocycles. The Morgan fingerprint density at radius 2 is 1.72 bits per heavy atom. The Morgan fingerprint density at radius 3 is 2.46 bits per heavy atom. The van der Waals surface area contributed by atoms with Crippen LogP contribution in [0.2, 0.25) is 0 Å². The second-order valence-electron chi connectivity index (χ2n) is 18.5. The Bertz CT molecular complexity index is 1250. The van der Waals surface area contributed by atoms with Gasteiger partial charge in [0.15, 0.2) is 6.29 Å². The maximum Gasteiger partial charge on any atom is 0.303 e. The quantitative estimate of drug-likeness (QED) is 0.350. The zero-order chi connectivity index (χ0) is 32.4. The number of morpholine rings is 1. The summed E-state index contributed by atoms with van der Waals surface area (Å²) in [5.74, 6) is 1.86. The highest BCUT2D eigenvalue weighted by molar-refractivity contribution is 5.76. The van der Waals surface area contributed by atoms with Crippen LogP contribution in [0.3, 0.4) is 0 Å². The van der Waals surface area contributed by atoms with Gasteiger partial charge in [0, 0.05) is 24.8 Å². The number of carbonyl (C=O) groups is 2. The second-order valence-corrected chi connectivity index (χ2v) is 18.5. The molecule has 2 aliphatic heterocycles. The summed E-state index contributed by atoms with van der Waals surface area (Å²) in [5, 5.41) is 21.7. The zero-order valence-corrected chi connectivity index (χ0v) is 29.0. The van der Waals surface area contributed by atoms with E-state index in [1.807, 2.05) is 4.90 Å². The summed E-state index contributed by atoms with van der Waals surface area (Å²) in [6.07, 6.45) is 11.8. The zero-order valence-electron chi connectivity index (χ0n) is 29.0. The fourth-order valence-corrected chi connectivity index (χ4v) is 13.9.